The molecule has 1 heterocycles. The Morgan fingerprint density at radius 1 is 1.62 bits per heavy atom. The van der Waals surface area contributed by atoms with Crippen LogP contribution in [0.25, 0.3) is 0 Å². The summed E-state index contributed by atoms with van der Waals surface area (Å²) in [6.45, 7) is 1.98. The van der Waals surface area contributed by atoms with Crippen LogP contribution in [0.15, 0.2) is 6.33 Å². The van der Waals surface area contributed by atoms with Gasteiger partial charge in [-0.05, 0) is 6.42 Å². The van der Waals surface area contributed by atoms with Crippen LogP contribution in [0.4, 0.5) is 0 Å². The maximum Gasteiger partial charge on any atom is 0.138 e. The molecule has 0 radical (unpaired) electrons. The largest absolute Gasteiger partial charge is 0.299 e. The van der Waals surface area contributed by atoms with Crippen LogP contribution in [0.2, 0.25) is 0 Å². The molecule has 4 nitrogen and oxygen atoms in total. The van der Waals surface area contributed by atoms with Crippen molar-refractivity contribution in [1.29, 1.82) is 0 Å². The molecule has 4 heteroatoms. The Morgan fingerprint density at radius 2 is 2.38 bits per heavy atom. The first-order valence-electron chi connectivity index (χ1n) is 4.56. The average Bonchev–Trinajstić information content (AvgIpc) is 2.62. The van der Waals surface area contributed by atoms with Gasteiger partial charge in [0.05, 0.1) is 0 Å². The van der Waals surface area contributed by atoms with E-state index in [2.05, 4.69) is 10.1 Å². The van der Waals surface area contributed by atoms with Gasteiger partial charge in [-0.2, -0.15) is 5.10 Å². The fourth-order valence-electron chi connectivity index (χ4n) is 1.99. The van der Waals surface area contributed by atoms with Gasteiger partial charge in [0.25, 0.3) is 0 Å². The number of Topliss-reactive ketones (excluding diaryl/α,β-unsaturated/α-hetero) is 1. The number of carbonyl (C=O) groups excluding carboxylic acids is 1. The Kier molecular flexibility index (Phi) is 1.90. The normalized spacial score (nSPS) is 28.3. The Balaban J connectivity index is 2.28. The zero-order valence-corrected chi connectivity index (χ0v) is 7.90. The first-order chi connectivity index (χ1) is 6.20. The zero-order valence-electron chi connectivity index (χ0n) is 7.90. The number of aryl methyl sites for hydroxylation is 1. The van der Waals surface area contributed by atoms with E-state index in [9.17, 15) is 4.79 Å². The van der Waals surface area contributed by atoms with Crippen LogP contribution in [-0.2, 0) is 11.8 Å². The number of carbonyl (C=O) groups is 1. The monoisotopic (exact) mass is 179 g/mol. The summed E-state index contributed by atoms with van der Waals surface area (Å²) in [7, 11) is 1.87. The van der Waals surface area contributed by atoms with E-state index in [0.717, 1.165) is 12.2 Å². The second kappa shape index (κ2) is 2.94. The fraction of sp³-hybridized carbons (Fsp3) is 0.667. The van der Waals surface area contributed by atoms with Crippen molar-refractivity contribution in [3.63, 3.8) is 0 Å². The Morgan fingerprint density at radius 3 is 2.85 bits per heavy atom. The van der Waals surface area contributed by atoms with Gasteiger partial charge in [0.1, 0.15) is 17.9 Å². The van der Waals surface area contributed by atoms with Crippen LogP contribution >= 0.6 is 0 Å². The van der Waals surface area contributed by atoms with E-state index in [-0.39, 0.29) is 11.8 Å². The molecule has 0 N–H and O–H groups in total. The molecule has 2 atom stereocenters. The van der Waals surface area contributed by atoms with Crippen LogP contribution in [0, 0.1) is 5.92 Å². The smallest absolute Gasteiger partial charge is 0.138 e. The molecule has 0 spiro atoms. The van der Waals surface area contributed by atoms with Crippen molar-refractivity contribution in [1.82, 2.24) is 14.8 Å². The zero-order chi connectivity index (χ0) is 9.42. The Bertz CT molecular complexity index is 331. The second-order valence-corrected chi connectivity index (χ2v) is 3.64. The lowest BCUT2D eigenvalue weighted by atomic mass is 9.97. The van der Waals surface area contributed by atoms with Crippen LogP contribution in [0.1, 0.15) is 31.5 Å². The van der Waals surface area contributed by atoms with Gasteiger partial charge in [0, 0.05) is 25.3 Å². The maximum atomic E-state index is 11.3. The summed E-state index contributed by atoms with van der Waals surface area (Å²) >= 11 is 0. The van der Waals surface area contributed by atoms with Crippen LogP contribution in [0.3, 0.4) is 0 Å². The molecular formula is C9H13N3O. The number of ketones is 1. The van der Waals surface area contributed by atoms with Crippen molar-refractivity contribution in [2.45, 2.75) is 25.7 Å². The highest BCUT2D eigenvalue weighted by atomic mass is 16.1. The molecule has 13 heavy (non-hydrogen) atoms. The van der Waals surface area contributed by atoms with E-state index in [1.165, 1.54) is 0 Å². The van der Waals surface area contributed by atoms with Gasteiger partial charge in [-0.25, -0.2) is 4.98 Å². The molecule has 1 aromatic rings. The van der Waals surface area contributed by atoms with Crippen molar-refractivity contribution in [2.24, 2.45) is 13.0 Å². The summed E-state index contributed by atoms with van der Waals surface area (Å²) in [6, 6.07) is 0. The molecule has 0 aliphatic heterocycles. The molecule has 0 saturated heterocycles. The lowest BCUT2D eigenvalue weighted by Gasteiger charge is -2.12. The Hall–Kier alpha value is -1.19. The highest BCUT2D eigenvalue weighted by molar-refractivity contribution is 5.83. The van der Waals surface area contributed by atoms with Crippen LogP contribution in [0.5, 0.6) is 0 Å². The predicted molar refractivity (Wildman–Crippen MR) is 47.1 cm³/mol. The number of aromatic nitrogens is 3. The van der Waals surface area contributed by atoms with Crippen molar-refractivity contribution < 1.29 is 4.79 Å². The van der Waals surface area contributed by atoms with Crippen molar-refractivity contribution in [3.8, 4) is 0 Å². The topological polar surface area (TPSA) is 47.8 Å². The molecule has 70 valence electrons. The number of hydrogen-bond acceptors (Lipinski definition) is 3. The van der Waals surface area contributed by atoms with Gasteiger partial charge < -0.3 is 0 Å². The lowest BCUT2D eigenvalue weighted by molar-refractivity contribution is -0.120. The van der Waals surface area contributed by atoms with E-state index >= 15 is 0 Å². The molecule has 2 unspecified atom stereocenters. The van der Waals surface area contributed by atoms with E-state index in [0.29, 0.717) is 12.2 Å². The minimum absolute atomic E-state index is 0.114. The lowest BCUT2D eigenvalue weighted by Crippen LogP contribution is -2.13. The van der Waals surface area contributed by atoms with Crippen molar-refractivity contribution >= 4 is 5.78 Å². The molecule has 1 fully saturated rings. The predicted octanol–water partition coefficient (Wildman–Crippen LogP) is 0.898. The summed E-state index contributed by atoms with van der Waals surface area (Å²) in [5.74, 6) is 1.69. The average molecular weight is 179 g/mol. The molecular weight excluding hydrogens is 166 g/mol. The van der Waals surface area contributed by atoms with Gasteiger partial charge in [0.15, 0.2) is 0 Å². The summed E-state index contributed by atoms with van der Waals surface area (Å²) in [4.78, 5) is 15.5. The molecule has 2 rings (SSSR count). The molecule has 0 bridgehead atoms. The highest BCUT2D eigenvalue weighted by Crippen LogP contribution is 2.35. The number of nitrogens with zero attached hydrogens (tertiary/aromatic N) is 3. The Labute approximate surface area is 77.0 Å². The third kappa shape index (κ3) is 1.26. The number of rotatable bonds is 1. The minimum atomic E-state index is 0.114. The van der Waals surface area contributed by atoms with Crippen molar-refractivity contribution in [3.05, 3.63) is 12.2 Å². The van der Waals surface area contributed by atoms with Gasteiger partial charge in [-0.15, -0.1) is 0 Å². The van der Waals surface area contributed by atoms with E-state index < -0.39 is 0 Å². The first-order valence-corrected chi connectivity index (χ1v) is 4.56. The molecule has 0 aromatic carbocycles. The van der Waals surface area contributed by atoms with Gasteiger partial charge in [-0.3, -0.25) is 9.48 Å². The van der Waals surface area contributed by atoms with Crippen molar-refractivity contribution in [2.75, 3.05) is 0 Å². The summed E-state index contributed by atoms with van der Waals surface area (Å²) in [5.41, 5.74) is 0. The van der Waals surface area contributed by atoms with E-state index in [4.69, 9.17) is 0 Å². The summed E-state index contributed by atoms with van der Waals surface area (Å²) in [5, 5.41) is 4.01. The minimum Gasteiger partial charge on any atom is -0.299 e. The number of hydrogen-bond donors (Lipinski definition) is 0. The highest BCUT2D eigenvalue weighted by Gasteiger charge is 2.34. The summed E-state index contributed by atoms with van der Waals surface area (Å²) in [6.07, 6.45) is 3.16. The van der Waals surface area contributed by atoms with Crippen LogP contribution < -0.4 is 0 Å². The fourth-order valence-corrected chi connectivity index (χ4v) is 1.99. The molecule has 1 aromatic heterocycles. The second-order valence-electron chi connectivity index (χ2n) is 3.64. The van der Waals surface area contributed by atoms with E-state index in [1.807, 2.05) is 14.0 Å². The molecule has 1 aliphatic carbocycles. The quantitative estimate of drug-likeness (QED) is 0.643. The third-order valence-electron chi connectivity index (χ3n) is 2.89. The van der Waals surface area contributed by atoms with Crippen LogP contribution in [-0.4, -0.2) is 20.5 Å². The molecule has 0 amide bonds. The van der Waals surface area contributed by atoms with Gasteiger partial charge >= 0.3 is 0 Å². The van der Waals surface area contributed by atoms with E-state index in [1.54, 1.807) is 11.0 Å². The molecule has 1 aliphatic rings. The summed E-state index contributed by atoms with van der Waals surface area (Å²) < 4.78 is 1.76. The SMILES string of the molecule is CC1C(=O)CCC1c1ncnn1C. The third-order valence-corrected chi connectivity index (χ3v) is 2.89. The maximum absolute atomic E-state index is 11.3. The molecule has 1 saturated carbocycles. The standard InChI is InChI=1S/C9H13N3O/c1-6-7(3-4-8(6)13)9-10-5-11-12(9)2/h5-7H,3-4H2,1-2H3. The first kappa shape index (κ1) is 8.41. The van der Waals surface area contributed by atoms with Gasteiger partial charge in [0.2, 0.25) is 0 Å². The van der Waals surface area contributed by atoms with Gasteiger partial charge in [-0.1, -0.05) is 6.92 Å².